The summed E-state index contributed by atoms with van der Waals surface area (Å²) in [7, 11) is 0. The summed E-state index contributed by atoms with van der Waals surface area (Å²) in [5.41, 5.74) is 0.899. The van der Waals surface area contributed by atoms with Crippen molar-refractivity contribution in [2.24, 2.45) is 0 Å². The van der Waals surface area contributed by atoms with Gasteiger partial charge in [0.15, 0.2) is 0 Å². The molecular formula is C11H13BrFNO. The third kappa shape index (κ3) is 1.88. The SMILES string of the molecule is CCNC1c2cc(F)cc(Br)c2OC1C. The zero-order valence-corrected chi connectivity index (χ0v) is 10.3. The van der Waals surface area contributed by atoms with Gasteiger partial charge in [-0.15, -0.1) is 0 Å². The minimum Gasteiger partial charge on any atom is -0.487 e. The quantitative estimate of drug-likeness (QED) is 0.895. The third-order valence-electron chi connectivity index (χ3n) is 2.57. The van der Waals surface area contributed by atoms with E-state index in [0.717, 1.165) is 17.9 Å². The van der Waals surface area contributed by atoms with Gasteiger partial charge in [-0.05, 0) is 41.5 Å². The lowest BCUT2D eigenvalue weighted by Crippen LogP contribution is -2.28. The molecule has 0 bridgehead atoms. The zero-order valence-electron chi connectivity index (χ0n) is 8.68. The van der Waals surface area contributed by atoms with Gasteiger partial charge in [-0.2, -0.15) is 0 Å². The molecule has 1 aromatic rings. The minimum absolute atomic E-state index is 0.0399. The highest BCUT2D eigenvalue weighted by Crippen LogP contribution is 2.42. The summed E-state index contributed by atoms with van der Waals surface area (Å²) in [6.45, 7) is 4.85. The molecule has 15 heavy (non-hydrogen) atoms. The first-order valence-electron chi connectivity index (χ1n) is 5.02. The van der Waals surface area contributed by atoms with Gasteiger partial charge in [0.25, 0.3) is 0 Å². The third-order valence-corrected chi connectivity index (χ3v) is 3.16. The van der Waals surface area contributed by atoms with Crippen LogP contribution in [0.4, 0.5) is 4.39 Å². The summed E-state index contributed by atoms with van der Waals surface area (Å²) in [5, 5.41) is 3.29. The highest BCUT2D eigenvalue weighted by Gasteiger charge is 2.32. The molecule has 0 amide bonds. The highest BCUT2D eigenvalue weighted by atomic mass is 79.9. The molecule has 1 aromatic carbocycles. The van der Waals surface area contributed by atoms with Gasteiger partial charge in [-0.25, -0.2) is 4.39 Å². The number of likely N-dealkylation sites (N-methyl/N-ethyl adjacent to an activating group) is 1. The van der Waals surface area contributed by atoms with Gasteiger partial charge < -0.3 is 10.1 Å². The molecule has 2 rings (SSSR count). The fraction of sp³-hybridized carbons (Fsp3) is 0.455. The molecule has 2 atom stereocenters. The average Bonchev–Trinajstić information content (AvgIpc) is 2.46. The van der Waals surface area contributed by atoms with Crippen LogP contribution in [-0.2, 0) is 0 Å². The second kappa shape index (κ2) is 4.10. The summed E-state index contributed by atoms with van der Waals surface area (Å²) < 4.78 is 19.6. The monoisotopic (exact) mass is 273 g/mol. The Morgan fingerprint density at radius 2 is 2.27 bits per heavy atom. The van der Waals surface area contributed by atoms with E-state index in [4.69, 9.17) is 4.74 Å². The summed E-state index contributed by atoms with van der Waals surface area (Å²) in [6.07, 6.45) is 0.0399. The van der Waals surface area contributed by atoms with Crippen LogP contribution in [0, 0.1) is 5.82 Å². The maximum absolute atomic E-state index is 13.3. The van der Waals surface area contributed by atoms with E-state index in [0.29, 0.717) is 4.47 Å². The Hall–Kier alpha value is -0.610. The Labute approximate surface area is 96.9 Å². The minimum atomic E-state index is -0.235. The smallest absolute Gasteiger partial charge is 0.139 e. The maximum atomic E-state index is 13.3. The molecule has 1 aliphatic heterocycles. The summed E-state index contributed by atoms with van der Waals surface area (Å²) in [5.74, 6) is 0.524. The van der Waals surface area contributed by atoms with Gasteiger partial charge in [-0.1, -0.05) is 6.92 Å². The lowest BCUT2D eigenvalue weighted by atomic mass is 10.0. The van der Waals surface area contributed by atoms with Gasteiger partial charge in [-0.3, -0.25) is 0 Å². The van der Waals surface area contributed by atoms with Crippen LogP contribution in [0.15, 0.2) is 16.6 Å². The summed E-state index contributed by atoms with van der Waals surface area (Å²) >= 11 is 3.31. The Balaban J connectivity index is 2.43. The Morgan fingerprint density at radius 1 is 1.53 bits per heavy atom. The number of ether oxygens (including phenoxy) is 1. The van der Waals surface area contributed by atoms with E-state index < -0.39 is 0 Å². The van der Waals surface area contributed by atoms with E-state index in [1.165, 1.54) is 12.1 Å². The average molecular weight is 274 g/mol. The van der Waals surface area contributed by atoms with Crippen molar-refractivity contribution in [3.05, 3.63) is 28.0 Å². The van der Waals surface area contributed by atoms with Crippen molar-refractivity contribution in [1.29, 1.82) is 0 Å². The first kappa shape index (κ1) is 10.9. The molecule has 0 saturated carbocycles. The number of halogens is 2. The zero-order chi connectivity index (χ0) is 11.0. The van der Waals surface area contributed by atoms with Crippen molar-refractivity contribution in [2.75, 3.05) is 6.54 Å². The van der Waals surface area contributed by atoms with Crippen LogP contribution < -0.4 is 10.1 Å². The fourth-order valence-corrected chi connectivity index (χ4v) is 2.48. The molecule has 2 nitrogen and oxygen atoms in total. The van der Waals surface area contributed by atoms with Crippen LogP contribution in [0.3, 0.4) is 0 Å². The van der Waals surface area contributed by atoms with Gasteiger partial charge in [0.05, 0.1) is 10.5 Å². The lowest BCUT2D eigenvalue weighted by molar-refractivity contribution is 0.210. The van der Waals surface area contributed by atoms with Crippen LogP contribution in [0.25, 0.3) is 0 Å². The van der Waals surface area contributed by atoms with Crippen LogP contribution in [0.5, 0.6) is 5.75 Å². The standard InChI is InChI=1S/C11H13BrFNO/c1-3-14-10-6(2)15-11-8(10)4-7(13)5-9(11)12/h4-6,10,14H,3H2,1-2H3. The molecule has 0 saturated heterocycles. The Bertz CT molecular complexity index is 383. The largest absolute Gasteiger partial charge is 0.487 e. The molecule has 2 unspecified atom stereocenters. The van der Waals surface area contributed by atoms with Gasteiger partial charge >= 0.3 is 0 Å². The van der Waals surface area contributed by atoms with Crippen LogP contribution in [0.1, 0.15) is 25.5 Å². The number of hydrogen-bond acceptors (Lipinski definition) is 2. The summed E-state index contributed by atoms with van der Waals surface area (Å²) in [6, 6.07) is 3.05. The van der Waals surface area contributed by atoms with E-state index in [9.17, 15) is 4.39 Å². The molecule has 0 aliphatic carbocycles. The molecule has 82 valence electrons. The highest BCUT2D eigenvalue weighted by molar-refractivity contribution is 9.10. The maximum Gasteiger partial charge on any atom is 0.139 e. The van der Waals surface area contributed by atoms with Crippen LogP contribution >= 0.6 is 15.9 Å². The molecule has 0 radical (unpaired) electrons. The first-order chi connectivity index (χ1) is 7.13. The molecular weight excluding hydrogens is 261 g/mol. The molecule has 0 fully saturated rings. The predicted molar refractivity (Wildman–Crippen MR) is 60.6 cm³/mol. The second-order valence-electron chi connectivity index (χ2n) is 3.66. The van der Waals surface area contributed by atoms with E-state index in [2.05, 4.69) is 21.2 Å². The molecule has 1 heterocycles. The van der Waals surface area contributed by atoms with E-state index in [1.807, 2.05) is 13.8 Å². The van der Waals surface area contributed by atoms with Crippen molar-refractivity contribution in [3.8, 4) is 5.75 Å². The Morgan fingerprint density at radius 3 is 2.93 bits per heavy atom. The molecule has 1 aliphatic rings. The number of hydrogen-bond donors (Lipinski definition) is 1. The van der Waals surface area contributed by atoms with E-state index >= 15 is 0 Å². The molecule has 1 N–H and O–H groups in total. The van der Waals surface area contributed by atoms with E-state index in [1.54, 1.807) is 0 Å². The molecule has 0 spiro atoms. The van der Waals surface area contributed by atoms with Crippen molar-refractivity contribution >= 4 is 15.9 Å². The van der Waals surface area contributed by atoms with Gasteiger partial charge in [0.2, 0.25) is 0 Å². The number of fused-ring (bicyclic) bond motifs is 1. The second-order valence-corrected chi connectivity index (χ2v) is 4.52. The molecule has 0 aromatic heterocycles. The van der Waals surface area contributed by atoms with E-state index in [-0.39, 0.29) is 18.0 Å². The number of nitrogens with one attached hydrogen (secondary N) is 1. The fourth-order valence-electron chi connectivity index (χ4n) is 1.94. The number of rotatable bonds is 2. The lowest BCUT2D eigenvalue weighted by Gasteiger charge is -2.15. The van der Waals surface area contributed by atoms with Crippen molar-refractivity contribution in [1.82, 2.24) is 5.32 Å². The van der Waals surface area contributed by atoms with Crippen molar-refractivity contribution in [3.63, 3.8) is 0 Å². The van der Waals surface area contributed by atoms with Crippen molar-refractivity contribution < 1.29 is 9.13 Å². The van der Waals surface area contributed by atoms with Gasteiger partial charge in [0, 0.05) is 5.56 Å². The first-order valence-corrected chi connectivity index (χ1v) is 5.81. The number of benzene rings is 1. The van der Waals surface area contributed by atoms with Crippen LogP contribution in [-0.4, -0.2) is 12.6 Å². The van der Waals surface area contributed by atoms with Gasteiger partial charge in [0.1, 0.15) is 17.7 Å². The Kier molecular flexibility index (Phi) is 2.98. The topological polar surface area (TPSA) is 21.3 Å². The predicted octanol–water partition coefficient (Wildman–Crippen LogP) is 3.02. The van der Waals surface area contributed by atoms with Crippen molar-refractivity contribution in [2.45, 2.75) is 26.0 Å². The normalized spacial score (nSPS) is 23.7. The summed E-state index contributed by atoms with van der Waals surface area (Å²) in [4.78, 5) is 0. The van der Waals surface area contributed by atoms with Crippen LogP contribution in [0.2, 0.25) is 0 Å². The molecule has 4 heteroatoms.